The van der Waals surface area contributed by atoms with Crippen molar-refractivity contribution in [1.82, 2.24) is 24.2 Å². The first kappa shape index (κ1) is 29.1. The predicted molar refractivity (Wildman–Crippen MR) is 174 cm³/mol. The van der Waals surface area contributed by atoms with Crippen LogP contribution in [0.15, 0.2) is 79.1 Å². The number of carbonyl (C=O) groups excluding carboxylic acids is 1. The molecule has 0 atom stereocenters. The van der Waals surface area contributed by atoms with Crippen LogP contribution >= 0.6 is 0 Å². The van der Waals surface area contributed by atoms with Crippen LogP contribution < -0.4 is 5.32 Å². The first-order valence-corrected chi connectivity index (χ1v) is 16.9. The number of amides is 2. The third-order valence-electron chi connectivity index (χ3n) is 9.01. The first-order chi connectivity index (χ1) is 21.8. The second-order valence-electron chi connectivity index (χ2n) is 11.8. The number of nitrogens with one attached hydrogen (secondary N) is 2. The lowest BCUT2D eigenvalue weighted by atomic mass is 9.89. The number of carbonyl (C=O) groups is 1. The number of rotatable bonds is 6. The minimum Gasteiger partial charge on any atom is -0.392 e. The molecule has 2 aliphatic heterocycles. The Labute approximate surface area is 261 Å². The van der Waals surface area contributed by atoms with Crippen LogP contribution in [-0.2, 0) is 29.7 Å². The van der Waals surface area contributed by atoms with Gasteiger partial charge in [-0.15, -0.1) is 0 Å². The zero-order valence-electron chi connectivity index (χ0n) is 24.9. The molecule has 10 nitrogen and oxygen atoms in total. The number of H-pyrrole nitrogens is 1. The van der Waals surface area contributed by atoms with Crippen LogP contribution in [0.3, 0.4) is 0 Å². The number of anilines is 1. The summed E-state index contributed by atoms with van der Waals surface area (Å²) in [6.07, 6.45) is 6.25. The summed E-state index contributed by atoms with van der Waals surface area (Å²) in [6.45, 7) is 1.84. The monoisotopic (exact) mass is 622 g/mol. The van der Waals surface area contributed by atoms with E-state index in [1.807, 2.05) is 36.4 Å². The molecule has 2 aliphatic rings. The molecule has 7 rings (SSSR count). The van der Waals surface area contributed by atoms with Gasteiger partial charge in [0.05, 0.1) is 12.9 Å². The van der Waals surface area contributed by atoms with Gasteiger partial charge in [-0.3, -0.25) is 5.32 Å². The van der Waals surface area contributed by atoms with Gasteiger partial charge in [-0.05, 0) is 70.3 Å². The highest BCUT2D eigenvalue weighted by Crippen LogP contribution is 2.36. The van der Waals surface area contributed by atoms with E-state index in [9.17, 15) is 18.3 Å². The first-order valence-electron chi connectivity index (χ1n) is 15.0. The van der Waals surface area contributed by atoms with E-state index in [0.29, 0.717) is 49.1 Å². The zero-order valence-corrected chi connectivity index (χ0v) is 25.7. The molecule has 3 N–H and O–H groups in total. The molecule has 0 bridgehead atoms. The molecular weight excluding hydrogens is 588 g/mol. The third-order valence-corrected chi connectivity index (χ3v) is 10.3. The van der Waals surface area contributed by atoms with Crippen molar-refractivity contribution in [2.24, 2.45) is 0 Å². The van der Waals surface area contributed by atoms with E-state index in [1.165, 1.54) is 11.8 Å². The molecule has 5 aromatic rings. The van der Waals surface area contributed by atoms with Gasteiger partial charge in [0.15, 0.2) is 0 Å². The van der Waals surface area contributed by atoms with E-state index in [4.69, 9.17) is 0 Å². The van der Waals surface area contributed by atoms with Crippen LogP contribution in [0.25, 0.3) is 33.4 Å². The lowest BCUT2D eigenvalue weighted by Gasteiger charge is -2.30. The number of sulfonamides is 1. The molecule has 0 spiro atoms. The van der Waals surface area contributed by atoms with Crippen molar-refractivity contribution < 1.29 is 18.3 Å². The maximum Gasteiger partial charge on any atom is 0.323 e. The van der Waals surface area contributed by atoms with Crippen molar-refractivity contribution in [3.63, 3.8) is 0 Å². The van der Waals surface area contributed by atoms with Crippen molar-refractivity contribution in [3.8, 4) is 22.4 Å². The maximum absolute atomic E-state index is 13.2. The lowest BCUT2D eigenvalue weighted by Crippen LogP contribution is -2.37. The fourth-order valence-electron chi connectivity index (χ4n) is 6.54. The summed E-state index contributed by atoms with van der Waals surface area (Å²) in [6, 6.07) is 22.0. The van der Waals surface area contributed by atoms with Crippen LogP contribution in [0.1, 0.15) is 41.0 Å². The molecular formula is C34H34N6O4S. The normalized spacial score (nSPS) is 15.8. The van der Waals surface area contributed by atoms with Gasteiger partial charge in [-0.25, -0.2) is 27.5 Å². The highest BCUT2D eigenvalue weighted by Gasteiger charge is 2.27. The number of aromatic nitrogens is 3. The number of fused-ring (bicyclic) bond motifs is 2. The second-order valence-corrected chi connectivity index (χ2v) is 13.7. The summed E-state index contributed by atoms with van der Waals surface area (Å²) in [7, 11) is -3.15. The Morgan fingerprint density at radius 3 is 2.29 bits per heavy atom. The summed E-state index contributed by atoms with van der Waals surface area (Å²) in [5, 5.41) is 14.3. The Kier molecular flexibility index (Phi) is 7.60. The van der Waals surface area contributed by atoms with Crippen LogP contribution in [-0.4, -0.2) is 63.1 Å². The number of aromatic amines is 1. The number of aliphatic hydroxyl groups is 1. The van der Waals surface area contributed by atoms with Crippen molar-refractivity contribution >= 4 is 32.9 Å². The average molecular weight is 623 g/mol. The zero-order chi connectivity index (χ0) is 31.1. The molecule has 2 aromatic carbocycles. The van der Waals surface area contributed by atoms with Gasteiger partial charge in [0.2, 0.25) is 10.0 Å². The molecule has 3 aromatic heterocycles. The van der Waals surface area contributed by atoms with Gasteiger partial charge in [-0.2, -0.15) is 0 Å². The summed E-state index contributed by atoms with van der Waals surface area (Å²) >= 11 is 0. The highest BCUT2D eigenvalue weighted by atomic mass is 32.2. The molecule has 11 heteroatoms. The standard InChI is InChI=1S/C34H34N6O4S/c1-45(43,44)40-16-12-23(13-17-40)22-6-8-24(9-7-22)31-18-29-27(10-14-35-32(29)37-31)28-11-15-36-33(30(28)21-41)38-34(42)39-19-25-4-2-3-5-26(25)20-39/h2-11,14-15,18,23,41H,12-13,16-17,19-21H2,1H3,(H,35,37)(H,36,38,42). The number of urea groups is 1. The van der Waals surface area contributed by atoms with Crippen LogP contribution in [0.2, 0.25) is 0 Å². The summed E-state index contributed by atoms with van der Waals surface area (Å²) in [4.78, 5) is 27.3. The van der Waals surface area contributed by atoms with Gasteiger partial charge in [0.1, 0.15) is 11.5 Å². The van der Waals surface area contributed by atoms with Crippen LogP contribution in [0.4, 0.5) is 10.6 Å². The van der Waals surface area contributed by atoms with Crippen LogP contribution in [0.5, 0.6) is 0 Å². The number of pyridine rings is 2. The van der Waals surface area contributed by atoms with Gasteiger partial charge < -0.3 is 15.0 Å². The van der Waals surface area contributed by atoms with Crippen molar-refractivity contribution in [3.05, 3.63) is 101 Å². The topological polar surface area (TPSA) is 132 Å². The van der Waals surface area contributed by atoms with E-state index in [-0.39, 0.29) is 12.6 Å². The Morgan fingerprint density at radius 1 is 0.956 bits per heavy atom. The molecule has 0 radical (unpaired) electrons. The Bertz CT molecular complexity index is 1970. The smallest absolute Gasteiger partial charge is 0.323 e. The number of hydrogen-bond donors (Lipinski definition) is 3. The lowest BCUT2D eigenvalue weighted by molar-refractivity contribution is 0.212. The van der Waals surface area contributed by atoms with E-state index in [2.05, 4.69) is 50.6 Å². The Morgan fingerprint density at radius 2 is 1.62 bits per heavy atom. The molecule has 0 unspecified atom stereocenters. The Balaban J connectivity index is 1.13. The highest BCUT2D eigenvalue weighted by molar-refractivity contribution is 7.88. The third kappa shape index (κ3) is 5.70. The minimum atomic E-state index is -3.15. The molecule has 2 amide bonds. The van der Waals surface area contributed by atoms with E-state index >= 15 is 0 Å². The molecule has 230 valence electrons. The van der Waals surface area contributed by atoms with Crippen molar-refractivity contribution in [1.29, 1.82) is 0 Å². The number of piperidine rings is 1. The predicted octanol–water partition coefficient (Wildman–Crippen LogP) is 5.47. The largest absolute Gasteiger partial charge is 0.392 e. The molecule has 45 heavy (non-hydrogen) atoms. The van der Waals surface area contributed by atoms with Gasteiger partial charge in [-0.1, -0.05) is 48.5 Å². The fourth-order valence-corrected chi connectivity index (χ4v) is 7.42. The molecule has 5 heterocycles. The molecule has 0 saturated carbocycles. The number of aliphatic hydroxyl groups excluding tert-OH is 1. The van der Waals surface area contributed by atoms with Crippen molar-refractivity contribution in [2.45, 2.75) is 38.5 Å². The molecule has 1 fully saturated rings. The minimum absolute atomic E-state index is 0.265. The number of hydrogen-bond acceptors (Lipinski definition) is 6. The van der Waals surface area contributed by atoms with Gasteiger partial charge in [0, 0.05) is 55.2 Å². The average Bonchev–Trinajstić information content (AvgIpc) is 3.69. The fraction of sp³-hybridized carbons (Fsp3) is 0.265. The number of nitrogens with zero attached hydrogens (tertiary/aromatic N) is 4. The molecule has 0 aliphatic carbocycles. The number of benzene rings is 2. The van der Waals surface area contributed by atoms with Crippen LogP contribution in [0, 0.1) is 0 Å². The summed E-state index contributed by atoms with van der Waals surface area (Å²) in [5.41, 5.74) is 8.25. The van der Waals surface area contributed by atoms with Crippen molar-refractivity contribution in [2.75, 3.05) is 24.7 Å². The maximum atomic E-state index is 13.2. The molecule has 1 saturated heterocycles. The van der Waals surface area contributed by atoms with Gasteiger partial charge >= 0.3 is 6.03 Å². The summed E-state index contributed by atoms with van der Waals surface area (Å²) < 4.78 is 25.3. The SMILES string of the molecule is CS(=O)(=O)N1CCC(c2ccc(-c3cc4c(-c5ccnc(NC(=O)N6Cc7ccccc7C6)c5CO)ccnc4[nH]3)cc2)CC1. The second kappa shape index (κ2) is 11.7. The summed E-state index contributed by atoms with van der Waals surface area (Å²) in [5.74, 6) is 0.654. The van der Waals surface area contributed by atoms with E-state index < -0.39 is 10.0 Å². The van der Waals surface area contributed by atoms with E-state index in [1.54, 1.807) is 21.6 Å². The quantitative estimate of drug-likeness (QED) is 0.230. The Hall–Kier alpha value is -4.58. The van der Waals surface area contributed by atoms with E-state index in [0.717, 1.165) is 51.7 Å². The van der Waals surface area contributed by atoms with Gasteiger partial charge in [0.25, 0.3) is 0 Å².